The molecule has 0 spiro atoms. The van der Waals surface area contributed by atoms with Gasteiger partial charge in [-0.05, 0) is 20.3 Å². The molecule has 0 bridgehead atoms. The van der Waals surface area contributed by atoms with Crippen LogP contribution in [0.15, 0.2) is 12.7 Å². The Morgan fingerprint density at radius 3 is 2.72 bits per heavy atom. The van der Waals surface area contributed by atoms with Crippen LogP contribution in [0.2, 0.25) is 0 Å². The van der Waals surface area contributed by atoms with Crippen molar-refractivity contribution in [2.24, 2.45) is 0 Å². The number of nitrogens with one attached hydrogen (secondary N) is 3. The van der Waals surface area contributed by atoms with E-state index in [0.717, 1.165) is 6.42 Å². The molecule has 0 aliphatic rings. The third kappa shape index (κ3) is 8.72. The standard InChI is InChI=1S/C12H23N3O3/c1-4-6-8-18-9-7-14-10(3)11(16)15-12(17)13-5-2/h4,10,14H,1,5-9H2,2-3H3,(H2,13,15,16,17). The summed E-state index contributed by atoms with van der Waals surface area (Å²) in [7, 11) is 0. The summed E-state index contributed by atoms with van der Waals surface area (Å²) in [6.45, 7) is 9.25. The lowest BCUT2D eigenvalue weighted by molar-refractivity contribution is -0.121. The summed E-state index contributed by atoms with van der Waals surface area (Å²) in [4.78, 5) is 22.6. The van der Waals surface area contributed by atoms with Gasteiger partial charge in [-0.25, -0.2) is 4.79 Å². The third-order valence-corrected chi connectivity index (χ3v) is 2.13. The Morgan fingerprint density at radius 1 is 1.39 bits per heavy atom. The lowest BCUT2D eigenvalue weighted by Crippen LogP contribution is -2.48. The van der Waals surface area contributed by atoms with Crippen molar-refractivity contribution in [3.05, 3.63) is 12.7 Å². The SMILES string of the molecule is C=CCCOCCNC(C)C(=O)NC(=O)NCC. The fourth-order valence-electron chi connectivity index (χ4n) is 1.13. The van der Waals surface area contributed by atoms with Crippen LogP contribution >= 0.6 is 0 Å². The van der Waals surface area contributed by atoms with Crippen LogP contribution < -0.4 is 16.0 Å². The van der Waals surface area contributed by atoms with Gasteiger partial charge >= 0.3 is 6.03 Å². The first-order valence-corrected chi connectivity index (χ1v) is 6.12. The molecule has 0 heterocycles. The number of urea groups is 1. The van der Waals surface area contributed by atoms with E-state index in [9.17, 15) is 9.59 Å². The number of hydrogen-bond acceptors (Lipinski definition) is 4. The van der Waals surface area contributed by atoms with Gasteiger partial charge in [-0.1, -0.05) is 6.08 Å². The van der Waals surface area contributed by atoms with Crippen molar-refractivity contribution in [2.75, 3.05) is 26.3 Å². The van der Waals surface area contributed by atoms with Gasteiger partial charge in [0.05, 0.1) is 19.3 Å². The van der Waals surface area contributed by atoms with Crippen LogP contribution in [0.5, 0.6) is 0 Å². The van der Waals surface area contributed by atoms with Crippen LogP contribution in [0.3, 0.4) is 0 Å². The molecule has 0 rings (SSSR count). The molecule has 3 N–H and O–H groups in total. The molecule has 0 aliphatic heterocycles. The average Bonchev–Trinajstić information content (AvgIpc) is 2.33. The molecule has 18 heavy (non-hydrogen) atoms. The van der Waals surface area contributed by atoms with E-state index < -0.39 is 12.1 Å². The second-order valence-corrected chi connectivity index (χ2v) is 3.71. The maximum absolute atomic E-state index is 11.5. The quantitative estimate of drug-likeness (QED) is 0.413. The van der Waals surface area contributed by atoms with Gasteiger partial charge in [0.15, 0.2) is 0 Å². The number of amides is 3. The minimum Gasteiger partial charge on any atom is -0.380 e. The Balaban J connectivity index is 3.61. The van der Waals surface area contributed by atoms with Gasteiger partial charge in [0.1, 0.15) is 0 Å². The molecular weight excluding hydrogens is 234 g/mol. The molecule has 3 amide bonds. The van der Waals surface area contributed by atoms with E-state index in [4.69, 9.17) is 4.74 Å². The fraction of sp³-hybridized carbons (Fsp3) is 0.667. The number of imide groups is 1. The van der Waals surface area contributed by atoms with Crippen LogP contribution in [-0.2, 0) is 9.53 Å². The molecule has 104 valence electrons. The maximum Gasteiger partial charge on any atom is 0.321 e. The van der Waals surface area contributed by atoms with E-state index in [0.29, 0.717) is 26.3 Å². The van der Waals surface area contributed by atoms with Gasteiger partial charge in [0, 0.05) is 13.1 Å². The Bertz CT molecular complexity index is 269. The first-order valence-electron chi connectivity index (χ1n) is 6.12. The number of ether oxygens (including phenoxy) is 1. The normalized spacial score (nSPS) is 11.7. The Morgan fingerprint density at radius 2 is 2.11 bits per heavy atom. The average molecular weight is 257 g/mol. The minimum atomic E-state index is -0.474. The monoisotopic (exact) mass is 257 g/mol. The number of carbonyl (C=O) groups excluding carboxylic acids is 2. The first-order chi connectivity index (χ1) is 8.61. The van der Waals surface area contributed by atoms with Crippen LogP contribution in [-0.4, -0.2) is 44.3 Å². The number of carbonyl (C=O) groups is 2. The molecule has 0 saturated carbocycles. The first kappa shape index (κ1) is 16.6. The van der Waals surface area contributed by atoms with Gasteiger partial charge in [-0.3, -0.25) is 10.1 Å². The molecule has 6 heteroatoms. The summed E-state index contributed by atoms with van der Waals surface area (Å²) in [6.07, 6.45) is 2.60. The molecule has 0 aromatic rings. The van der Waals surface area contributed by atoms with Gasteiger partial charge in [0.2, 0.25) is 5.91 Å². The van der Waals surface area contributed by atoms with E-state index in [1.165, 1.54) is 0 Å². The summed E-state index contributed by atoms with van der Waals surface area (Å²) < 4.78 is 5.28. The highest BCUT2D eigenvalue weighted by Crippen LogP contribution is 1.85. The van der Waals surface area contributed by atoms with Crippen LogP contribution in [0, 0.1) is 0 Å². The van der Waals surface area contributed by atoms with E-state index in [-0.39, 0.29) is 5.91 Å². The van der Waals surface area contributed by atoms with Crippen molar-refractivity contribution in [3.63, 3.8) is 0 Å². The lowest BCUT2D eigenvalue weighted by Gasteiger charge is -2.13. The van der Waals surface area contributed by atoms with Crippen molar-refractivity contribution in [1.29, 1.82) is 0 Å². The highest BCUT2D eigenvalue weighted by Gasteiger charge is 2.14. The fourth-order valence-corrected chi connectivity index (χ4v) is 1.13. The zero-order valence-corrected chi connectivity index (χ0v) is 11.1. The Labute approximate surface area is 108 Å². The van der Waals surface area contributed by atoms with E-state index in [1.54, 1.807) is 19.9 Å². The summed E-state index contributed by atoms with van der Waals surface area (Å²) in [5.41, 5.74) is 0. The van der Waals surface area contributed by atoms with Crippen molar-refractivity contribution in [1.82, 2.24) is 16.0 Å². The largest absolute Gasteiger partial charge is 0.380 e. The predicted octanol–water partition coefficient (Wildman–Crippen LogP) is 0.403. The minimum absolute atomic E-state index is 0.355. The topological polar surface area (TPSA) is 79.5 Å². The van der Waals surface area contributed by atoms with Crippen molar-refractivity contribution in [2.45, 2.75) is 26.3 Å². The molecule has 0 fully saturated rings. The van der Waals surface area contributed by atoms with Gasteiger partial charge in [-0.15, -0.1) is 6.58 Å². The molecule has 0 aliphatic carbocycles. The zero-order chi connectivity index (χ0) is 13.8. The molecule has 0 aromatic carbocycles. The Hall–Kier alpha value is -1.40. The van der Waals surface area contributed by atoms with Crippen molar-refractivity contribution in [3.8, 4) is 0 Å². The summed E-state index contributed by atoms with van der Waals surface area (Å²) >= 11 is 0. The molecule has 1 unspecified atom stereocenters. The molecule has 6 nitrogen and oxygen atoms in total. The molecule has 0 aromatic heterocycles. The number of hydrogen-bond donors (Lipinski definition) is 3. The highest BCUT2D eigenvalue weighted by molar-refractivity contribution is 5.96. The number of rotatable bonds is 9. The van der Waals surface area contributed by atoms with Gasteiger partial charge < -0.3 is 15.4 Å². The van der Waals surface area contributed by atoms with Crippen molar-refractivity contribution >= 4 is 11.9 Å². The predicted molar refractivity (Wildman–Crippen MR) is 70.3 cm³/mol. The van der Waals surface area contributed by atoms with Crippen LogP contribution in [0.4, 0.5) is 4.79 Å². The third-order valence-electron chi connectivity index (χ3n) is 2.13. The maximum atomic E-state index is 11.5. The second-order valence-electron chi connectivity index (χ2n) is 3.71. The second kappa shape index (κ2) is 10.7. The van der Waals surface area contributed by atoms with Gasteiger partial charge in [0.25, 0.3) is 0 Å². The summed E-state index contributed by atoms with van der Waals surface area (Å²) in [6, 6.07) is -0.908. The Kier molecular flexibility index (Phi) is 9.90. The summed E-state index contributed by atoms with van der Waals surface area (Å²) in [5, 5.41) is 7.69. The highest BCUT2D eigenvalue weighted by atomic mass is 16.5. The van der Waals surface area contributed by atoms with E-state index >= 15 is 0 Å². The molecule has 1 atom stereocenters. The van der Waals surface area contributed by atoms with E-state index in [2.05, 4.69) is 22.5 Å². The molecular formula is C12H23N3O3. The van der Waals surface area contributed by atoms with Gasteiger partial charge in [-0.2, -0.15) is 0 Å². The molecule has 0 radical (unpaired) electrons. The van der Waals surface area contributed by atoms with E-state index in [1.807, 2.05) is 0 Å². The van der Waals surface area contributed by atoms with Crippen molar-refractivity contribution < 1.29 is 14.3 Å². The smallest absolute Gasteiger partial charge is 0.321 e. The molecule has 0 saturated heterocycles. The van der Waals surface area contributed by atoms with Crippen LogP contribution in [0.25, 0.3) is 0 Å². The zero-order valence-electron chi connectivity index (χ0n) is 11.1. The van der Waals surface area contributed by atoms with Crippen LogP contribution in [0.1, 0.15) is 20.3 Å². The summed E-state index contributed by atoms with van der Waals surface area (Å²) in [5.74, 6) is -0.355. The lowest BCUT2D eigenvalue weighted by atomic mass is 10.3.